The average Bonchev–Trinajstić information content (AvgIpc) is 2.77. The first-order valence-corrected chi connectivity index (χ1v) is 10.9. The van der Waals surface area contributed by atoms with Crippen molar-refractivity contribution in [1.82, 2.24) is 5.32 Å². The Morgan fingerprint density at radius 3 is 2.43 bits per heavy atom. The molecular formula is C26H33NO3. The number of benzene rings is 2. The number of nitrogens with one attached hydrogen (secondary N) is 1. The molecule has 160 valence electrons. The van der Waals surface area contributed by atoms with Crippen LogP contribution in [-0.2, 0) is 20.9 Å². The predicted molar refractivity (Wildman–Crippen MR) is 123 cm³/mol. The third-order valence-electron chi connectivity index (χ3n) is 4.87. The Labute approximate surface area is 180 Å². The summed E-state index contributed by atoms with van der Waals surface area (Å²) in [6, 6.07) is 16.2. The maximum atomic E-state index is 12.0. The second-order valence-electron chi connectivity index (χ2n) is 7.35. The Morgan fingerprint density at radius 2 is 1.70 bits per heavy atom. The van der Waals surface area contributed by atoms with Crippen molar-refractivity contribution >= 4 is 18.0 Å². The van der Waals surface area contributed by atoms with Crippen LogP contribution in [0.5, 0.6) is 0 Å². The topological polar surface area (TPSA) is 55.4 Å². The Kier molecular flexibility index (Phi) is 10.4. The lowest BCUT2D eigenvalue weighted by atomic mass is 10.0. The van der Waals surface area contributed by atoms with E-state index in [0.29, 0.717) is 19.6 Å². The first-order chi connectivity index (χ1) is 14.6. The van der Waals surface area contributed by atoms with Gasteiger partial charge < -0.3 is 10.1 Å². The van der Waals surface area contributed by atoms with Gasteiger partial charge in [-0.25, -0.2) is 4.79 Å². The third kappa shape index (κ3) is 8.64. The standard InChI is InChI=1S/C26H33NO3/c1-3-5-6-7-8-12-25(28)27-20-22-10-9-11-24(19-22)23-16-13-21(14-17-23)15-18-26(29)30-4-2/h9-11,13-19H,3-8,12,20H2,1-2H3,(H,27,28)/b18-15+. The van der Waals surface area contributed by atoms with E-state index < -0.39 is 0 Å². The van der Waals surface area contributed by atoms with Crippen LogP contribution >= 0.6 is 0 Å². The normalized spacial score (nSPS) is 10.9. The summed E-state index contributed by atoms with van der Waals surface area (Å²) in [6.07, 6.45) is 9.55. The lowest BCUT2D eigenvalue weighted by molar-refractivity contribution is -0.137. The fourth-order valence-corrected chi connectivity index (χ4v) is 3.18. The number of unbranched alkanes of at least 4 members (excludes halogenated alkanes) is 4. The van der Waals surface area contributed by atoms with Crippen molar-refractivity contribution in [3.63, 3.8) is 0 Å². The van der Waals surface area contributed by atoms with Crippen LogP contribution in [0.25, 0.3) is 17.2 Å². The number of amides is 1. The summed E-state index contributed by atoms with van der Waals surface area (Å²) in [6.45, 7) is 4.90. The zero-order valence-electron chi connectivity index (χ0n) is 18.2. The summed E-state index contributed by atoms with van der Waals surface area (Å²) in [5.41, 5.74) is 4.21. The molecule has 0 aliphatic carbocycles. The van der Waals surface area contributed by atoms with E-state index in [1.165, 1.54) is 25.3 Å². The molecule has 0 fully saturated rings. The molecule has 0 bridgehead atoms. The summed E-state index contributed by atoms with van der Waals surface area (Å²) in [7, 11) is 0. The van der Waals surface area contributed by atoms with Gasteiger partial charge in [-0.2, -0.15) is 0 Å². The second kappa shape index (κ2) is 13.4. The number of hydrogen-bond acceptors (Lipinski definition) is 3. The average molecular weight is 408 g/mol. The minimum absolute atomic E-state index is 0.120. The summed E-state index contributed by atoms with van der Waals surface area (Å²) in [4.78, 5) is 23.5. The van der Waals surface area contributed by atoms with Crippen molar-refractivity contribution in [1.29, 1.82) is 0 Å². The number of esters is 1. The fraction of sp³-hybridized carbons (Fsp3) is 0.385. The van der Waals surface area contributed by atoms with Gasteiger partial charge in [-0.05, 0) is 47.7 Å². The Balaban J connectivity index is 1.87. The molecule has 4 heteroatoms. The van der Waals surface area contributed by atoms with E-state index in [4.69, 9.17) is 4.74 Å². The highest BCUT2D eigenvalue weighted by molar-refractivity contribution is 5.87. The van der Waals surface area contributed by atoms with E-state index in [1.54, 1.807) is 13.0 Å². The number of carbonyl (C=O) groups excluding carboxylic acids is 2. The van der Waals surface area contributed by atoms with Crippen molar-refractivity contribution in [2.45, 2.75) is 58.9 Å². The lowest BCUT2D eigenvalue weighted by Gasteiger charge is -2.08. The highest BCUT2D eigenvalue weighted by Crippen LogP contribution is 2.21. The summed E-state index contributed by atoms with van der Waals surface area (Å²) in [5.74, 6) is -0.216. The monoisotopic (exact) mass is 407 g/mol. The molecule has 30 heavy (non-hydrogen) atoms. The van der Waals surface area contributed by atoms with Crippen molar-refractivity contribution in [3.05, 3.63) is 65.7 Å². The van der Waals surface area contributed by atoms with Gasteiger partial charge in [-0.15, -0.1) is 0 Å². The highest BCUT2D eigenvalue weighted by atomic mass is 16.5. The highest BCUT2D eigenvalue weighted by Gasteiger charge is 2.04. The third-order valence-corrected chi connectivity index (χ3v) is 4.87. The molecule has 4 nitrogen and oxygen atoms in total. The van der Waals surface area contributed by atoms with Crippen molar-refractivity contribution < 1.29 is 14.3 Å². The van der Waals surface area contributed by atoms with Crippen molar-refractivity contribution in [2.75, 3.05) is 6.61 Å². The molecule has 0 aliphatic rings. The molecule has 0 heterocycles. The number of carbonyl (C=O) groups is 2. The van der Waals surface area contributed by atoms with Gasteiger partial charge in [0.2, 0.25) is 5.91 Å². The first kappa shape index (κ1) is 23.4. The molecule has 2 rings (SSSR count). The molecule has 0 saturated carbocycles. The van der Waals surface area contributed by atoms with Crippen LogP contribution in [0.15, 0.2) is 54.6 Å². The van der Waals surface area contributed by atoms with Gasteiger partial charge in [-0.3, -0.25) is 4.79 Å². The zero-order chi connectivity index (χ0) is 21.6. The molecule has 0 atom stereocenters. The van der Waals surface area contributed by atoms with Crippen LogP contribution in [0, 0.1) is 0 Å². The van der Waals surface area contributed by atoms with Gasteiger partial charge in [0.25, 0.3) is 0 Å². The number of hydrogen-bond donors (Lipinski definition) is 1. The minimum atomic E-state index is -0.336. The zero-order valence-corrected chi connectivity index (χ0v) is 18.2. The molecule has 0 spiro atoms. The maximum Gasteiger partial charge on any atom is 0.330 e. The molecule has 0 saturated heterocycles. The molecule has 1 N–H and O–H groups in total. The van der Waals surface area contributed by atoms with Crippen molar-refractivity contribution in [3.8, 4) is 11.1 Å². The molecule has 0 aromatic heterocycles. The van der Waals surface area contributed by atoms with Crippen LogP contribution < -0.4 is 5.32 Å². The van der Waals surface area contributed by atoms with E-state index in [9.17, 15) is 9.59 Å². The van der Waals surface area contributed by atoms with E-state index >= 15 is 0 Å². The van der Waals surface area contributed by atoms with Crippen LogP contribution in [-0.4, -0.2) is 18.5 Å². The van der Waals surface area contributed by atoms with Gasteiger partial charge in [0, 0.05) is 19.0 Å². The molecule has 2 aromatic rings. The largest absolute Gasteiger partial charge is 0.463 e. The van der Waals surface area contributed by atoms with Gasteiger partial charge in [0.1, 0.15) is 0 Å². The molecule has 0 unspecified atom stereocenters. The summed E-state index contributed by atoms with van der Waals surface area (Å²) in [5, 5.41) is 3.02. The quantitative estimate of drug-likeness (QED) is 0.270. The Morgan fingerprint density at radius 1 is 0.933 bits per heavy atom. The van der Waals surface area contributed by atoms with Gasteiger partial charge >= 0.3 is 5.97 Å². The summed E-state index contributed by atoms with van der Waals surface area (Å²) >= 11 is 0. The molecule has 1 amide bonds. The first-order valence-electron chi connectivity index (χ1n) is 10.9. The van der Waals surface area contributed by atoms with Gasteiger partial charge in [0.15, 0.2) is 0 Å². The van der Waals surface area contributed by atoms with Gasteiger partial charge in [0.05, 0.1) is 6.61 Å². The number of ether oxygens (including phenoxy) is 1. The van der Waals surface area contributed by atoms with E-state index in [0.717, 1.165) is 35.1 Å². The lowest BCUT2D eigenvalue weighted by Crippen LogP contribution is -2.22. The number of rotatable bonds is 12. The maximum absolute atomic E-state index is 12.0. The van der Waals surface area contributed by atoms with Gasteiger partial charge in [-0.1, -0.05) is 75.1 Å². The van der Waals surface area contributed by atoms with Crippen LogP contribution in [0.4, 0.5) is 0 Å². The molecular weight excluding hydrogens is 374 g/mol. The van der Waals surface area contributed by atoms with Crippen LogP contribution in [0.2, 0.25) is 0 Å². The SMILES string of the molecule is CCCCCCCC(=O)NCc1cccc(-c2ccc(/C=C/C(=O)OCC)cc2)c1. The van der Waals surface area contributed by atoms with Crippen molar-refractivity contribution in [2.24, 2.45) is 0 Å². The molecule has 0 radical (unpaired) electrons. The Bertz CT molecular complexity index is 824. The fourth-order valence-electron chi connectivity index (χ4n) is 3.18. The second-order valence-corrected chi connectivity index (χ2v) is 7.35. The summed E-state index contributed by atoms with van der Waals surface area (Å²) < 4.78 is 4.89. The molecule has 0 aliphatic heterocycles. The Hall–Kier alpha value is -2.88. The van der Waals surface area contributed by atoms with E-state index in [1.807, 2.05) is 36.4 Å². The van der Waals surface area contributed by atoms with Crippen LogP contribution in [0.3, 0.4) is 0 Å². The minimum Gasteiger partial charge on any atom is -0.463 e. The molecule has 2 aromatic carbocycles. The van der Waals surface area contributed by atoms with Crippen LogP contribution in [0.1, 0.15) is 63.5 Å². The van der Waals surface area contributed by atoms with E-state index in [2.05, 4.69) is 24.4 Å². The van der Waals surface area contributed by atoms with E-state index in [-0.39, 0.29) is 11.9 Å². The smallest absolute Gasteiger partial charge is 0.330 e. The predicted octanol–water partition coefficient (Wildman–Crippen LogP) is 5.91.